The van der Waals surface area contributed by atoms with Crippen molar-refractivity contribution in [3.05, 3.63) is 23.2 Å². The minimum absolute atomic E-state index is 0.702. The van der Waals surface area contributed by atoms with Crippen molar-refractivity contribution in [3.63, 3.8) is 0 Å². The molecule has 1 rings (SSSR count). The second kappa shape index (κ2) is 6.53. The Morgan fingerprint density at radius 1 is 1.33 bits per heavy atom. The van der Waals surface area contributed by atoms with E-state index in [2.05, 4.69) is 5.32 Å². The Bertz CT molecular complexity index is 305. The molecular weight excluding hydrogens is 214 g/mol. The average Bonchev–Trinajstić information content (AvgIpc) is 2.26. The van der Waals surface area contributed by atoms with Gasteiger partial charge in [0.05, 0.1) is 17.8 Å². The Balaban J connectivity index is 2.51. The van der Waals surface area contributed by atoms with Gasteiger partial charge in [0.15, 0.2) is 0 Å². The van der Waals surface area contributed by atoms with Gasteiger partial charge in [-0.1, -0.05) is 11.6 Å². The first-order valence-electron chi connectivity index (χ1n) is 4.84. The molecule has 0 saturated heterocycles. The lowest BCUT2D eigenvalue weighted by Gasteiger charge is -2.09. The molecule has 0 aliphatic heterocycles. The van der Waals surface area contributed by atoms with Crippen LogP contribution in [0.2, 0.25) is 5.02 Å². The third-order valence-electron chi connectivity index (χ3n) is 2.01. The van der Waals surface area contributed by atoms with Gasteiger partial charge in [-0.2, -0.15) is 0 Å². The number of hydrogen-bond donors (Lipinski definition) is 1. The molecule has 15 heavy (non-hydrogen) atoms. The lowest BCUT2D eigenvalue weighted by atomic mass is 10.3. The van der Waals surface area contributed by atoms with E-state index in [1.54, 1.807) is 14.2 Å². The van der Waals surface area contributed by atoms with Crippen LogP contribution in [0.3, 0.4) is 0 Å². The molecule has 0 aliphatic carbocycles. The lowest BCUT2D eigenvalue weighted by molar-refractivity contribution is 0.198. The molecule has 0 spiro atoms. The Morgan fingerprint density at radius 2 is 2.13 bits per heavy atom. The molecule has 0 aliphatic rings. The lowest BCUT2D eigenvalue weighted by Crippen LogP contribution is -2.05. The van der Waals surface area contributed by atoms with Gasteiger partial charge in [-0.25, -0.2) is 0 Å². The van der Waals surface area contributed by atoms with Gasteiger partial charge in [-0.15, -0.1) is 0 Å². The summed E-state index contributed by atoms with van der Waals surface area (Å²) < 4.78 is 10.1. The summed E-state index contributed by atoms with van der Waals surface area (Å²) in [5.74, 6) is 0.800. The molecule has 0 aromatic heterocycles. The summed E-state index contributed by atoms with van der Waals surface area (Å²) in [6.45, 7) is 1.58. The molecule has 0 unspecified atom stereocenters. The van der Waals surface area contributed by atoms with Crippen LogP contribution >= 0.6 is 11.6 Å². The minimum atomic E-state index is 0.702. The van der Waals surface area contributed by atoms with Crippen molar-refractivity contribution in [3.8, 4) is 5.75 Å². The van der Waals surface area contributed by atoms with Crippen molar-refractivity contribution in [1.29, 1.82) is 0 Å². The van der Waals surface area contributed by atoms with Crippen molar-refractivity contribution >= 4 is 17.3 Å². The van der Waals surface area contributed by atoms with E-state index in [1.807, 2.05) is 18.2 Å². The van der Waals surface area contributed by atoms with Gasteiger partial charge < -0.3 is 14.8 Å². The van der Waals surface area contributed by atoms with E-state index in [9.17, 15) is 0 Å². The average molecular weight is 230 g/mol. The maximum absolute atomic E-state index is 6.02. The molecule has 0 atom stereocenters. The predicted molar refractivity (Wildman–Crippen MR) is 63.0 cm³/mol. The minimum Gasteiger partial charge on any atom is -0.497 e. The first-order valence-corrected chi connectivity index (χ1v) is 5.22. The zero-order valence-corrected chi connectivity index (χ0v) is 9.80. The quantitative estimate of drug-likeness (QED) is 0.761. The van der Waals surface area contributed by atoms with Gasteiger partial charge in [0.2, 0.25) is 0 Å². The van der Waals surface area contributed by atoms with E-state index >= 15 is 0 Å². The Kier molecular flexibility index (Phi) is 5.29. The Labute approximate surface area is 95.3 Å². The summed E-state index contributed by atoms with van der Waals surface area (Å²) in [5.41, 5.74) is 0.895. The number of nitrogens with one attached hydrogen (secondary N) is 1. The molecule has 1 aromatic carbocycles. The second-order valence-corrected chi connectivity index (χ2v) is 3.53. The maximum atomic E-state index is 6.02. The highest BCUT2D eigenvalue weighted by Crippen LogP contribution is 2.26. The smallest absolute Gasteiger partial charge is 0.121 e. The van der Waals surface area contributed by atoms with E-state index in [1.165, 1.54) is 0 Å². The number of methoxy groups -OCH3 is 2. The summed E-state index contributed by atoms with van der Waals surface area (Å²) in [6.07, 6.45) is 0.948. The van der Waals surface area contributed by atoms with Gasteiger partial charge in [-0.3, -0.25) is 0 Å². The Hall–Kier alpha value is -0.930. The molecular formula is C11H16ClNO2. The highest BCUT2D eigenvalue weighted by atomic mass is 35.5. The number of halogens is 1. The molecule has 4 heteroatoms. The molecule has 3 nitrogen and oxygen atoms in total. The zero-order valence-electron chi connectivity index (χ0n) is 9.05. The van der Waals surface area contributed by atoms with Crippen molar-refractivity contribution < 1.29 is 9.47 Å². The summed E-state index contributed by atoms with van der Waals surface area (Å²) in [5, 5.41) is 3.93. The van der Waals surface area contributed by atoms with Crippen LogP contribution in [-0.4, -0.2) is 27.4 Å². The van der Waals surface area contributed by atoms with Crippen molar-refractivity contribution in [2.75, 3.05) is 32.7 Å². The first kappa shape index (κ1) is 12.1. The van der Waals surface area contributed by atoms with Crippen LogP contribution in [0.25, 0.3) is 0 Å². The molecule has 1 N–H and O–H groups in total. The third-order valence-corrected chi connectivity index (χ3v) is 2.34. The van der Waals surface area contributed by atoms with E-state index in [0.717, 1.165) is 31.0 Å². The van der Waals surface area contributed by atoms with Crippen LogP contribution in [0.5, 0.6) is 5.75 Å². The first-order chi connectivity index (χ1) is 7.27. The number of benzene rings is 1. The van der Waals surface area contributed by atoms with Gasteiger partial charge in [0.1, 0.15) is 5.75 Å². The molecule has 0 amide bonds. The third kappa shape index (κ3) is 3.98. The van der Waals surface area contributed by atoms with Crippen LogP contribution in [0.4, 0.5) is 5.69 Å². The fourth-order valence-electron chi connectivity index (χ4n) is 1.21. The second-order valence-electron chi connectivity index (χ2n) is 3.12. The topological polar surface area (TPSA) is 30.5 Å². The van der Waals surface area contributed by atoms with Crippen molar-refractivity contribution in [1.82, 2.24) is 0 Å². The number of anilines is 1. The summed E-state index contributed by atoms with van der Waals surface area (Å²) in [4.78, 5) is 0. The SMILES string of the molecule is COCCCNc1cc(OC)ccc1Cl. The number of hydrogen-bond acceptors (Lipinski definition) is 3. The zero-order chi connectivity index (χ0) is 11.1. The monoisotopic (exact) mass is 229 g/mol. The largest absolute Gasteiger partial charge is 0.497 e. The standard InChI is InChI=1S/C11H16ClNO2/c1-14-7-3-6-13-11-8-9(15-2)4-5-10(11)12/h4-5,8,13H,3,6-7H2,1-2H3. The van der Waals surface area contributed by atoms with Crippen LogP contribution in [0.15, 0.2) is 18.2 Å². The molecule has 0 fully saturated rings. The normalized spacial score (nSPS) is 10.1. The molecule has 0 saturated carbocycles. The van der Waals surface area contributed by atoms with Crippen molar-refractivity contribution in [2.24, 2.45) is 0 Å². The van der Waals surface area contributed by atoms with E-state index in [-0.39, 0.29) is 0 Å². The van der Waals surface area contributed by atoms with Gasteiger partial charge in [-0.05, 0) is 18.6 Å². The van der Waals surface area contributed by atoms with Gasteiger partial charge in [0.25, 0.3) is 0 Å². The molecule has 0 bridgehead atoms. The van der Waals surface area contributed by atoms with Crippen LogP contribution in [-0.2, 0) is 4.74 Å². The fraction of sp³-hybridized carbons (Fsp3) is 0.455. The maximum Gasteiger partial charge on any atom is 0.121 e. The fourth-order valence-corrected chi connectivity index (χ4v) is 1.39. The summed E-state index contributed by atoms with van der Waals surface area (Å²) >= 11 is 6.02. The number of ether oxygens (including phenoxy) is 2. The summed E-state index contributed by atoms with van der Waals surface area (Å²) in [7, 11) is 3.33. The highest BCUT2D eigenvalue weighted by Gasteiger charge is 2.01. The van der Waals surface area contributed by atoms with Crippen LogP contribution in [0, 0.1) is 0 Å². The molecule has 0 heterocycles. The van der Waals surface area contributed by atoms with Crippen LogP contribution < -0.4 is 10.1 Å². The number of rotatable bonds is 6. The van der Waals surface area contributed by atoms with Crippen LogP contribution in [0.1, 0.15) is 6.42 Å². The van der Waals surface area contributed by atoms with Gasteiger partial charge in [0, 0.05) is 26.3 Å². The van der Waals surface area contributed by atoms with E-state index in [0.29, 0.717) is 5.02 Å². The molecule has 84 valence electrons. The van der Waals surface area contributed by atoms with Gasteiger partial charge >= 0.3 is 0 Å². The molecule has 0 radical (unpaired) electrons. The highest BCUT2D eigenvalue weighted by molar-refractivity contribution is 6.33. The predicted octanol–water partition coefficient (Wildman–Crippen LogP) is 2.80. The van der Waals surface area contributed by atoms with E-state index < -0.39 is 0 Å². The Morgan fingerprint density at radius 3 is 2.80 bits per heavy atom. The van der Waals surface area contributed by atoms with Crippen molar-refractivity contribution in [2.45, 2.75) is 6.42 Å². The molecule has 1 aromatic rings. The summed E-state index contributed by atoms with van der Waals surface area (Å²) in [6, 6.07) is 5.54. The van der Waals surface area contributed by atoms with E-state index in [4.69, 9.17) is 21.1 Å².